The lowest BCUT2D eigenvalue weighted by atomic mass is 10.3. The van der Waals surface area contributed by atoms with E-state index in [9.17, 15) is 0 Å². The van der Waals surface area contributed by atoms with Crippen LogP contribution in [0.4, 0.5) is 5.82 Å². The number of aliphatic hydroxyl groups excluding tert-OH is 1. The van der Waals surface area contributed by atoms with E-state index in [1.807, 2.05) is 4.90 Å². The van der Waals surface area contributed by atoms with Crippen molar-refractivity contribution in [2.45, 2.75) is 6.10 Å². The summed E-state index contributed by atoms with van der Waals surface area (Å²) in [6.07, 6.45) is 3.02. The van der Waals surface area contributed by atoms with Gasteiger partial charge < -0.3 is 20.5 Å². The number of anilines is 1. The Morgan fingerprint density at radius 3 is 3.00 bits per heavy atom. The van der Waals surface area contributed by atoms with Crippen LogP contribution in [0.3, 0.4) is 0 Å². The van der Waals surface area contributed by atoms with Crippen molar-refractivity contribution in [1.29, 1.82) is 0 Å². The molecule has 0 saturated carbocycles. The summed E-state index contributed by atoms with van der Waals surface area (Å²) >= 11 is 4.81. The quantitative estimate of drug-likeness (QED) is 0.690. The molecule has 1 saturated heterocycles. The molecule has 6 nitrogen and oxygen atoms in total. The lowest BCUT2D eigenvalue weighted by molar-refractivity contribution is 0.00334. The van der Waals surface area contributed by atoms with Crippen LogP contribution in [-0.2, 0) is 4.74 Å². The number of aliphatic hydroxyl groups is 1. The summed E-state index contributed by atoms with van der Waals surface area (Å²) in [5, 5.41) is 9.05. The van der Waals surface area contributed by atoms with Crippen molar-refractivity contribution < 1.29 is 9.84 Å². The van der Waals surface area contributed by atoms with Gasteiger partial charge in [-0.3, -0.25) is 0 Å². The van der Waals surface area contributed by atoms with Gasteiger partial charge in [-0.2, -0.15) is 0 Å². The first-order chi connectivity index (χ1) is 8.20. The number of thiocarbonyl (C=S) groups is 1. The van der Waals surface area contributed by atoms with E-state index in [4.69, 9.17) is 27.8 Å². The Balaban J connectivity index is 2.08. The van der Waals surface area contributed by atoms with Gasteiger partial charge in [0, 0.05) is 13.1 Å². The third kappa shape index (κ3) is 2.87. The fourth-order valence-corrected chi connectivity index (χ4v) is 1.76. The second-order valence-electron chi connectivity index (χ2n) is 3.75. The minimum absolute atomic E-state index is 0.00883. The van der Waals surface area contributed by atoms with Gasteiger partial charge in [0.2, 0.25) is 0 Å². The molecule has 2 rings (SSSR count). The maximum atomic E-state index is 9.05. The molecule has 3 N–H and O–H groups in total. The molecular weight excluding hydrogens is 240 g/mol. The maximum absolute atomic E-state index is 9.05. The molecule has 2 heterocycles. The molecule has 0 radical (unpaired) electrons. The van der Waals surface area contributed by atoms with Crippen molar-refractivity contribution in [1.82, 2.24) is 9.97 Å². The van der Waals surface area contributed by atoms with Crippen molar-refractivity contribution in [3.05, 3.63) is 18.1 Å². The summed E-state index contributed by atoms with van der Waals surface area (Å²) < 4.78 is 5.36. The van der Waals surface area contributed by atoms with Gasteiger partial charge in [0.25, 0.3) is 0 Å². The zero-order chi connectivity index (χ0) is 12.3. The van der Waals surface area contributed by atoms with Crippen molar-refractivity contribution >= 4 is 23.0 Å². The molecule has 1 aromatic heterocycles. The van der Waals surface area contributed by atoms with E-state index in [2.05, 4.69) is 9.97 Å². The summed E-state index contributed by atoms with van der Waals surface area (Å²) in [7, 11) is 0. The first-order valence-electron chi connectivity index (χ1n) is 5.30. The van der Waals surface area contributed by atoms with E-state index in [0.29, 0.717) is 18.8 Å². The smallest absolute Gasteiger partial charge is 0.147 e. The van der Waals surface area contributed by atoms with Gasteiger partial charge in [-0.15, -0.1) is 0 Å². The second kappa shape index (κ2) is 5.35. The first kappa shape index (κ1) is 12.2. The van der Waals surface area contributed by atoms with E-state index in [1.165, 1.54) is 0 Å². The van der Waals surface area contributed by atoms with Gasteiger partial charge in [0.05, 0.1) is 31.7 Å². The molecule has 0 aliphatic carbocycles. The highest BCUT2D eigenvalue weighted by molar-refractivity contribution is 7.80. The Bertz CT molecular complexity index is 398. The molecule has 1 aromatic rings. The molecule has 1 fully saturated rings. The fraction of sp³-hybridized carbons (Fsp3) is 0.500. The Morgan fingerprint density at radius 2 is 2.41 bits per heavy atom. The van der Waals surface area contributed by atoms with Crippen LogP contribution in [0.25, 0.3) is 0 Å². The molecule has 0 bridgehead atoms. The molecule has 1 aliphatic rings. The highest BCUT2D eigenvalue weighted by Gasteiger charge is 2.20. The van der Waals surface area contributed by atoms with Crippen LogP contribution in [0, 0.1) is 0 Å². The van der Waals surface area contributed by atoms with Gasteiger partial charge in [0.15, 0.2) is 0 Å². The van der Waals surface area contributed by atoms with Gasteiger partial charge >= 0.3 is 0 Å². The zero-order valence-corrected chi connectivity index (χ0v) is 10.1. The number of morpholine rings is 1. The normalized spacial score (nSPS) is 20.3. The largest absolute Gasteiger partial charge is 0.394 e. The van der Waals surface area contributed by atoms with Crippen LogP contribution in [0.15, 0.2) is 12.4 Å². The van der Waals surface area contributed by atoms with Crippen molar-refractivity contribution in [2.75, 3.05) is 31.2 Å². The minimum atomic E-state index is -0.166. The zero-order valence-electron chi connectivity index (χ0n) is 9.24. The Hall–Kier alpha value is -1.31. The molecule has 0 aromatic carbocycles. The van der Waals surface area contributed by atoms with Crippen LogP contribution >= 0.6 is 12.2 Å². The van der Waals surface area contributed by atoms with Crippen molar-refractivity contribution in [3.63, 3.8) is 0 Å². The number of aromatic nitrogens is 2. The number of nitrogens with zero attached hydrogens (tertiary/aromatic N) is 3. The molecule has 92 valence electrons. The minimum Gasteiger partial charge on any atom is -0.394 e. The standard InChI is InChI=1S/C10H14N4O2S/c11-10(17)8-3-13-9(4-12-8)14-1-2-16-7(5-14)6-15/h3-4,7,15H,1-2,5-6H2,(H2,11,17). The summed E-state index contributed by atoms with van der Waals surface area (Å²) in [6, 6.07) is 0. The first-order valence-corrected chi connectivity index (χ1v) is 5.71. The summed E-state index contributed by atoms with van der Waals surface area (Å²) in [6.45, 7) is 1.92. The number of hydrogen-bond acceptors (Lipinski definition) is 6. The van der Waals surface area contributed by atoms with Crippen LogP contribution in [0.1, 0.15) is 5.69 Å². The number of ether oxygens (including phenoxy) is 1. The molecule has 1 unspecified atom stereocenters. The number of rotatable bonds is 3. The van der Waals surface area contributed by atoms with E-state index < -0.39 is 0 Å². The molecule has 1 atom stereocenters. The van der Waals surface area contributed by atoms with Crippen LogP contribution in [0.2, 0.25) is 0 Å². The van der Waals surface area contributed by atoms with E-state index in [-0.39, 0.29) is 17.7 Å². The molecule has 0 spiro atoms. The summed E-state index contributed by atoms with van der Waals surface area (Å²) in [5.74, 6) is 0.742. The lowest BCUT2D eigenvalue weighted by Crippen LogP contribution is -2.44. The van der Waals surface area contributed by atoms with E-state index in [1.54, 1.807) is 12.4 Å². The lowest BCUT2D eigenvalue weighted by Gasteiger charge is -2.32. The SMILES string of the molecule is NC(=S)c1cnc(N2CCOC(CO)C2)cn1. The average Bonchev–Trinajstić information content (AvgIpc) is 2.39. The fourth-order valence-electron chi connectivity index (χ4n) is 1.65. The molecule has 0 amide bonds. The van der Waals surface area contributed by atoms with Crippen LogP contribution in [-0.4, -0.2) is 52.5 Å². The topological polar surface area (TPSA) is 84.5 Å². The predicted molar refractivity (Wildman–Crippen MR) is 67.0 cm³/mol. The summed E-state index contributed by atoms with van der Waals surface area (Å²) in [5.41, 5.74) is 5.96. The van der Waals surface area contributed by atoms with E-state index in [0.717, 1.165) is 12.4 Å². The van der Waals surface area contributed by atoms with Crippen LogP contribution < -0.4 is 10.6 Å². The van der Waals surface area contributed by atoms with Crippen molar-refractivity contribution in [2.24, 2.45) is 5.73 Å². The van der Waals surface area contributed by atoms with E-state index >= 15 is 0 Å². The second-order valence-corrected chi connectivity index (χ2v) is 4.19. The molecule has 17 heavy (non-hydrogen) atoms. The van der Waals surface area contributed by atoms with Gasteiger partial charge in [-0.05, 0) is 0 Å². The predicted octanol–water partition coefficient (Wildman–Crippen LogP) is -0.692. The Kier molecular flexibility index (Phi) is 3.82. The number of nitrogens with two attached hydrogens (primary N) is 1. The highest BCUT2D eigenvalue weighted by atomic mass is 32.1. The van der Waals surface area contributed by atoms with Crippen LogP contribution in [0.5, 0.6) is 0 Å². The van der Waals surface area contributed by atoms with Gasteiger partial charge in [0.1, 0.15) is 16.5 Å². The monoisotopic (exact) mass is 254 g/mol. The molecule has 7 heteroatoms. The highest BCUT2D eigenvalue weighted by Crippen LogP contribution is 2.13. The molecular formula is C10H14N4O2S. The van der Waals surface area contributed by atoms with Crippen molar-refractivity contribution in [3.8, 4) is 0 Å². The average molecular weight is 254 g/mol. The Morgan fingerprint density at radius 1 is 1.59 bits per heavy atom. The number of hydrogen-bond donors (Lipinski definition) is 2. The van der Waals surface area contributed by atoms with Gasteiger partial charge in [-0.1, -0.05) is 12.2 Å². The third-order valence-corrected chi connectivity index (χ3v) is 2.77. The maximum Gasteiger partial charge on any atom is 0.147 e. The van der Waals surface area contributed by atoms with Gasteiger partial charge in [-0.25, -0.2) is 9.97 Å². The summed E-state index contributed by atoms with van der Waals surface area (Å²) in [4.78, 5) is 10.6. The third-order valence-electron chi connectivity index (χ3n) is 2.56. The molecule has 1 aliphatic heterocycles. The Labute approximate surface area is 104 Å².